The minimum atomic E-state index is -0.178. The van der Waals surface area contributed by atoms with Gasteiger partial charge in [0.2, 0.25) is 0 Å². The molecular formula is C28H31FN2. The van der Waals surface area contributed by atoms with Crippen molar-refractivity contribution in [2.45, 2.75) is 19.4 Å². The normalized spacial score (nSPS) is 14.1. The highest BCUT2D eigenvalue weighted by molar-refractivity contribution is 5.79. The molecule has 0 aliphatic carbocycles. The highest BCUT2D eigenvalue weighted by Crippen LogP contribution is 2.23. The number of likely N-dealkylation sites (tertiary alicyclic amines) is 1. The molecule has 0 saturated carbocycles. The molecule has 1 heterocycles. The fourth-order valence-electron chi connectivity index (χ4n) is 4.23. The summed E-state index contributed by atoms with van der Waals surface area (Å²) in [5.74, 6) is -0.178. The number of rotatable bonds is 9. The van der Waals surface area contributed by atoms with E-state index in [2.05, 4.69) is 76.5 Å². The summed E-state index contributed by atoms with van der Waals surface area (Å²) in [5.41, 5.74) is 4.87. The third-order valence-corrected chi connectivity index (χ3v) is 5.97. The van der Waals surface area contributed by atoms with Crippen LogP contribution in [0.3, 0.4) is 0 Å². The second-order valence-electron chi connectivity index (χ2n) is 8.26. The summed E-state index contributed by atoms with van der Waals surface area (Å²) in [5, 5.41) is 0. The third kappa shape index (κ3) is 6.36. The zero-order valence-corrected chi connectivity index (χ0v) is 18.1. The summed E-state index contributed by atoms with van der Waals surface area (Å²) >= 11 is 0. The molecule has 1 fully saturated rings. The average Bonchev–Trinajstić information content (AvgIpc) is 3.34. The van der Waals surface area contributed by atoms with Crippen molar-refractivity contribution < 1.29 is 4.39 Å². The van der Waals surface area contributed by atoms with Crippen LogP contribution < -0.4 is 0 Å². The van der Waals surface area contributed by atoms with E-state index in [0.717, 1.165) is 31.7 Å². The maximum absolute atomic E-state index is 13.4. The first-order valence-electron chi connectivity index (χ1n) is 11.3. The lowest BCUT2D eigenvalue weighted by atomic mass is 9.97. The summed E-state index contributed by atoms with van der Waals surface area (Å²) in [4.78, 5) is 5.02. The maximum Gasteiger partial charge on any atom is 0.123 e. The van der Waals surface area contributed by atoms with Gasteiger partial charge < -0.3 is 4.90 Å². The third-order valence-electron chi connectivity index (χ3n) is 5.97. The standard InChI is InChI=1S/C28H31FN2/c29-27-15-13-24(14-16-27)23-31(22-21-30-18-7-8-19-30)20-17-28(25-9-3-1-4-10-25)26-11-5-2-6-12-26/h1-6,9-17H,7-8,18-23H2. The molecule has 2 nitrogen and oxygen atoms in total. The Bertz CT molecular complexity index is 904. The van der Waals surface area contributed by atoms with E-state index in [-0.39, 0.29) is 5.82 Å². The molecule has 1 saturated heterocycles. The van der Waals surface area contributed by atoms with Gasteiger partial charge in [-0.05, 0) is 60.3 Å². The van der Waals surface area contributed by atoms with Crippen LogP contribution in [0.1, 0.15) is 29.5 Å². The Labute approximate surface area is 185 Å². The zero-order chi connectivity index (χ0) is 21.3. The van der Waals surface area contributed by atoms with Crippen LogP contribution in [0, 0.1) is 5.82 Å². The molecule has 0 N–H and O–H groups in total. The summed E-state index contributed by atoms with van der Waals surface area (Å²) in [6.45, 7) is 6.18. The molecule has 1 aliphatic rings. The van der Waals surface area contributed by atoms with E-state index in [1.165, 1.54) is 42.6 Å². The molecule has 31 heavy (non-hydrogen) atoms. The molecule has 0 unspecified atom stereocenters. The predicted molar refractivity (Wildman–Crippen MR) is 127 cm³/mol. The van der Waals surface area contributed by atoms with Crippen molar-refractivity contribution >= 4 is 5.57 Å². The lowest BCUT2D eigenvalue weighted by molar-refractivity contribution is 0.235. The first-order chi connectivity index (χ1) is 15.3. The van der Waals surface area contributed by atoms with Crippen LogP contribution >= 0.6 is 0 Å². The maximum atomic E-state index is 13.4. The number of hydrogen-bond donors (Lipinski definition) is 0. The first-order valence-corrected chi connectivity index (χ1v) is 11.3. The van der Waals surface area contributed by atoms with Crippen LogP contribution in [-0.2, 0) is 6.54 Å². The van der Waals surface area contributed by atoms with Gasteiger partial charge in [0.05, 0.1) is 0 Å². The number of nitrogens with zero attached hydrogens (tertiary/aromatic N) is 2. The van der Waals surface area contributed by atoms with E-state index in [1.807, 2.05) is 12.1 Å². The van der Waals surface area contributed by atoms with Crippen molar-refractivity contribution in [3.05, 3.63) is 114 Å². The Morgan fingerprint density at radius 1 is 0.806 bits per heavy atom. The second-order valence-corrected chi connectivity index (χ2v) is 8.26. The minimum Gasteiger partial charge on any atom is -0.302 e. The lowest BCUT2D eigenvalue weighted by Gasteiger charge is -2.25. The summed E-state index contributed by atoms with van der Waals surface area (Å²) in [6, 6.07) is 28.1. The van der Waals surface area contributed by atoms with Gasteiger partial charge >= 0.3 is 0 Å². The predicted octanol–water partition coefficient (Wildman–Crippen LogP) is 5.86. The summed E-state index contributed by atoms with van der Waals surface area (Å²) in [7, 11) is 0. The molecule has 0 bridgehead atoms. The highest BCUT2D eigenvalue weighted by atomic mass is 19.1. The quantitative estimate of drug-likeness (QED) is 0.433. The molecule has 160 valence electrons. The Balaban J connectivity index is 1.54. The number of benzene rings is 3. The van der Waals surface area contributed by atoms with Crippen molar-refractivity contribution in [2.75, 3.05) is 32.7 Å². The van der Waals surface area contributed by atoms with Crippen LogP contribution in [0.2, 0.25) is 0 Å². The van der Waals surface area contributed by atoms with Gasteiger partial charge in [-0.2, -0.15) is 0 Å². The van der Waals surface area contributed by atoms with Crippen LogP contribution in [0.4, 0.5) is 4.39 Å². The Morgan fingerprint density at radius 2 is 1.39 bits per heavy atom. The monoisotopic (exact) mass is 414 g/mol. The molecule has 1 aliphatic heterocycles. The number of halogens is 1. The molecule has 4 rings (SSSR count). The van der Waals surface area contributed by atoms with Gasteiger partial charge in [-0.25, -0.2) is 4.39 Å². The molecule has 0 atom stereocenters. The summed E-state index contributed by atoms with van der Waals surface area (Å²) < 4.78 is 13.4. The summed E-state index contributed by atoms with van der Waals surface area (Å²) in [6.07, 6.45) is 4.96. The zero-order valence-electron chi connectivity index (χ0n) is 18.1. The fraction of sp³-hybridized carbons (Fsp3) is 0.286. The van der Waals surface area contributed by atoms with Crippen molar-refractivity contribution in [3.63, 3.8) is 0 Å². The average molecular weight is 415 g/mol. The molecule has 3 heteroatoms. The van der Waals surface area contributed by atoms with E-state index in [1.54, 1.807) is 12.1 Å². The van der Waals surface area contributed by atoms with E-state index >= 15 is 0 Å². The van der Waals surface area contributed by atoms with Crippen LogP contribution in [-0.4, -0.2) is 42.5 Å². The molecule has 0 radical (unpaired) electrons. The van der Waals surface area contributed by atoms with Gasteiger partial charge in [0.15, 0.2) is 0 Å². The van der Waals surface area contributed by atoms with Gasteiger partial charge in [0, 0.05) is 26.2 Å². The van der Waals surface area contributed by atoms with E-state index < -0.39 is 0 Å². The van der Waals surface area contributed by atoms with Crippen molar-refractivity contribution in [3.8, 4) is 0 Å². The lowest BCUT2D eigenvalue weighted by Crippen LogP contribution is -2.33. The largest absolute Gasteiger partial charge is 0.302 e. The van der Waals surface area contributed by atoms with E-state index in [0.29, 0.717) is 0 Å². The second kappa shape index (κ2) is 11.0. The van der Waals surface area contributed by atoms with E-state index in [4.69, 9.17) is 0 Å². The van der Waals surface area contributed by atoms with Crippen molar-refractivity contribution in [2.24, 2.45) is 0 Å². The molecular weight excluding hydrogens is 383 g/mol. The molecule has 3 aromatic rings. The van der Waals surface area contributed by atoms with E-state index in [9.17, 15) is 4.39 Å². The Morgan fingerprint density at radius 3 is 1.97 bits per heavy atom. The molecule has 0 aromatic heterocycles. The molecule has 3 aromatic carbocycles. The SMILES string of the molecule is Fc1ccc(CN(CC=C(c2ccccc2)c2ccccc2)CCN2CCCC2)cc1. The first kappa shape index (κ1) is 21.5. The van der Waals surface area contributed by atoms with Crippen LogP contribution in [0.25, 0.3) is 5.57 Å². The Kier molecular flexibility index (Phi) is 7.65. The molecule has 0 amide bonds. The minimum absolute atomic E-state index is 0.178. The van der Waals surface area contributed by atoms with Gasteiger partial charge in [0.25, 0.3) is 0 Å². The van der Waals surface area contributed by atoms with Crippen LogP contribution in [0.15, 0.2) is 91.0 Å². The van der Waals surface area contributed by atoms with Gasteiger partial charge in [-0.15, -0.1) is 0 Å². The number of hydrogen-bond acceptors (Lipinski definition) is 2. The van der Waals surface area contributed by atoms with Gasteiger partial charge in [-0.3, -0.25) is 4.90 Å². The smallest absolute Gasteiger partial charge is 0.123 e. The van der Waals surface area contributed by atoms with Crippen LogP contribution in [0.5, 0.6) is 0 Å². The topological polar surface area (TPSA) is 6.48 Å². The molecule has 0 spiro atoms. The Hall–Kier alpha value is -2.75. The van der Waals surface area contributed by atoms with Crippen molar-refractivity contribution in [1.29, 1.82) is 0 Å². The fourth-order valence-corrected chi connectivity index (χ4v) is 4.23. The van der Waals surface area contributed by atoms with Crippen molar-refractivity contribution in [1.82, 2.24) is 9.80 Å². The van der Waals surface area contributed by atoms with Gasteiger partial charge in [-0.1, -0.05) is 78.9 Å². The van der Waals surface area contributed by atoms with Gasteiger partial charge in [0.1, 0.15) is 5.82 Å². The highest BCUT2D eigenvalue weighted by Gasteiger charge is 2.14.